The fourth-order valence-electron chi connectivity index (χ4n) is 3.79. The molecule has 0 atom stereocenters. The van der Waals surface area contributed by atoms with Crippen LogP contribution in [0.15, 0.2) is 60.3 Å². The Morgan fingerprint density at radius 3 is 2.13 bits per heavy atom. The maximum atomic E-state index is 13.5. The zero-order valence-corrected chi connectivity index (χ0v) is 17.7. The van der Waals surface area contributed by atoms with Crippen LogP contribution in [0.5, 0.6) is 0 Å². The Bertz CT molecular complexity index is 907. The Morgan fingerprint density at radius 2 is 1.47 bits per heavy atom. The van der Waals surface area contributed by atoms with Gasteiger partial charge in [0.05, 0.1) is 5.57 Å². The summed E-state index contributed by atoms with van der Waals surface area (Å²) in [4.78, 5) is 29.6. The Labute approximate surface area is 178 Å². The average Bonchev–Trinajstić information content (AvgIpc) is 3.01. The summed E-state index contributed by atoms with van der Waals surface area (Å²) >= 11 is 0. The number of carbonyl (C=O) groups is 2. The number of imide groups is 1. The number of rotatable bonds is 10. The van der Waals surface area contributed by atoms with Gasteiger partial charge in [0.1, 0.15) is 11.5 Å². The first-order valence-corrected chi connectivity index (χ1v) is 10.7. The fraction of sp³-hybridized carbons (Fsp3) is 0.360. The van der Waals surface area contributed by atoms with Crippen LogP contribution in [0.4, 0.5) is 10.1 Å². The van der Waals surface area contributed by atoms with E-state index >= 15 is 0 Å². The van der Waals surface area contributed by atoms with Gasteiger partial charge in [-0.15, -0.1) is 0 Å². The van der Waals surface area contributed by atoms with Crippen molar-refractivity contribution in [3.05, 3.63) is 71.7 Å². The van der Waals surface area contributed by atoms with E-state index in [1.807, 2.05) is 30.3 Å². The molecule has 4 nitrogen and oxygen atoms in total. The molecule has 30 heavy (non-hydrogen) atoms. The third-order valence-electron chi connectivity index (χ3n) is 5.49. The molecule has 2 aromatic rings. The van der Waals surface area contributed by atoms with Crippen molar-refractivity contribution in [2.45, 2.75) is 45.4 Å². The second-order valence-corrected chi connectivity index (χ2v) is 7.65. The number of anilines is 1. The van der Waals surface area contributed by atoms with Crippen LogP contribution in [-0.2, 0) is 9.59 Å². The first-order chi connectivity index (χ1) is 14.5. The Morgan fingerprint density at radius 1 is 0.833 bits per heavy atom. The Kier molecular flexibility index (Phi) is 7.39. The van der Waals surface area contributed by atoms with Crippen LogP contribution in [0.2, 0.25) is 0 Å². The lowest BCUT2D eigenvalue weighted by Crippen LogP contribution is -2.35. The molecule has 0 aliphatic carbocycles. The number of hydrogen-bond acceptors (Lipinski definition) is 3. The predicted octanol–water partition coefficient (Wildman–Crippen LogP) is 5.40. The van der Waals surface area contributed by atoms with E-state index < -0.39 is 0 Å². The monoisotopic (exact) mass is 408 g/mol. The van der Waals surface area contributed by atoms with Gasteiger partial charge in [-0.2, -0.15) is 0 Å². The summed E-state index contributed by atoms with van der Waals surface area (Å²) in [5.74, 6) is -0.977. The largest absolute Gasteiger partial charge is 0.339 e. The molecular formula is C25H29FN2O2. The lowest BCUT2D eigenvalue weighted by Gasteiger charge is -2.21. The van der Waals surface area contributed by atoms with Crippen LogP contribution in [0.3, 0.4) is 0 Å². The lowest BCUT2D eigenvalue weighted by molar-refractivity contribution is -0.136. The van der Waals surface area contributed by atoms with E-state index in [0.29, 0.717) is 23.4 Å². The minimum atomic E-state index is -0.377. The number of likely N-dealkylation sites (N-methyl/N-ethyl adjacent to an activating group) is 1. The molecule has 0 bridgehead atoms. The molecule has 0 spiro atoms. The van der Waals surface area contributed by atoms with Gasteiger partial charge in [-0.1, -0.05) is 69.4 Å². The molecule has 1 aliphatic rings. The number of unbranched alkanes of at least 4 members (excludes halogenated alkanes) is 5. The number of carbonyl (C=O) groups excluding carboxylic acids is 2. The van der Waals surface area contributed by atoms with Crippen molar-refractivity contribution < 1.29 is 14.0 Å². The van der Waals surface area contributed by atoms with Crippen LogP contribution in [0, 0.1) is 5.82 Å². The predicted molar refractivity (Wildman–Crippen MR) is 118 cm³/mol. The fourth-order valence-corrected chi connectivity index (χ4v) is 3.79. The first kappa shape index (κ1) is 21.8. The summed E-state index contributed by atoms with van der Waals surface area (Å²) in [5, 5.41) is 0. The van der Waals surface area contributed by atoms with Crippen molar-refractivity contribution in [3.63, 3.8) is 0 Å². The van der Waals surface area contributed by atoms with Gasteiger partial charge in [0.15, 0.2) is 0 Å². The molecule has 0 N–H and O–H groups in total. The van der Waals surface area contributed by atoms with Gasteiger partial charge in [0.2, 0.25) is 0 Å². The summed E-state index contributed by atoms with van der Waals surface area (Å²) in [6, 6.07) is 15.2. The van der Waals surface area contributed by atoms with Crippen LogP contribution < -0.4 is 4.90 Å². The van der Waals surface area contributed by atoms with E-state index in [1.165, 1.54) is 36.3 Å². The maximum Gasteiger partial charge on any atom is 0.278 e. The quantitative estimate of drug-likeness (QED) is 0.390. The number of benzene rings is 2. The second kappa shape index (κ2) is 10.2. The highest BCUT2D eigenvalue weighted by Crippen LogP contribution is 2.33. The zero-order chi connectivity index (χ0) is 21.5. The summed E-state index contributed by atoms with van der Waals surface area (Å²) in [6.45, 7) is 2.58. The first-order valence-electron chi connectivity index (χ1n) is 10.7. The van der Waals surface area contributed by atoms with E-state index in [-0.39, 0.29) is 17.6 Å². The van der Waals surface area contributed by atoms with Gasteiger partial charge in [0, 0.05) is 19.3 Å². The van der Waals surface area contributed by atoms with Crippen molar-refractivity contribution >= 4 is 23.1 Å². The molecule has 0 aromatic heterocycles. The number of nitrogens with zero attached hydrogens (tertiary/aromatic N) is 2. The molecule has 3 rings (SSSR count). The van der Waals surface area contributed by atoms with Crippen molar-refractivity contribution in [1.82, 2.24) is 4.90 Å². The molecule has 5 heteroatoms. The summed E-state index contributed by atoms with van der Waals surface area (Å²) in [5.41, 5.74) is 2.04. The zero-order valence-electron chi connectivity index (χ0n) is 17.7. The smallest absolute Gasteiger partial charge is 0.278 e. The molecular weight excluding hydrogens is 379 g/mol. The van der Waals surface area contributed by atoms with E-state index in [4.69, 9.17) is 0 Å². The van der Waals surface area contributed by atoms with Gasteiger partial charge in [-0.05, 0) is 36.2 Å². The molecule has 1 heterocycles. The van der Waals surface area contributed by atoms with E-state index in [9.17, 15) is 14.0 Å². The minimum absolute atomic E-state index is 0.292. The normalized spacial score (nSPS) is 14.0. The van der Waals surface area contributed by atoms with Crippen molar-refractivity contribution in [3.8, 4) is 0 Å². The molecule has 2 amide bonds. The van der Waals surface area contributed by atoms with Gasteiger partial charge in [-0.3, -0.25) is 14.5 Å². The van der Waals surface area contributed by atoms with Gasteiger partial charge in [-0.25, -0.2) is 4.39 Å². The highest BCUT2D eigenvalue weighted by molar-refractivity contribution is 6.36. The third kappa shape index (κ3) is 4.78. The van der Waals surface area contributed by atoms with E-state index in [2.05, 4.69) is 6.92 Å². The Balaban J connectivity index is 1.86. The number of amides is 2. The molecule has 158 valence electrons. The summed E-state index contributed by atoms with van der Waals surface area (Å²) in [7, 11) is 1.79. The van der Waals surface area contributed by atoms with Crippen LogP contribution >= 0.6 is 0 Å². The average molecular weight is 409 g/mol. The molecule has 1 aliphatic heterocycles. The number of halogens is 1. The van der Waals surface area contributed by atoms with E-state index in [0.717, 1.165) is 24.9 Å². The second-order valence-electron chi connectivity index (χ2n) is 7.65. The third-order valence-corrected chi connectivity index (χ3v) is 5.49. The molecule has 0 unspecified atom stereocenters. The highest BCUT2D eigenvalue weighted by Gasteiger charge is 2.40. The van der Waals surface area contributed by atoms with Gasteiger partial charge in [0.25, 0.3) is 11.8 Å². The molecule has 0 radical (unpaired) electrons. The molecule has 2 aromatic carbocycles. The standard InChI is InChI=1S/C25H29FN2O2/c1-3-4-5-6-7-11-18-28-24(29)22(19-14-16-20(26)17-15-19)23(25(28)30)27(2)21-12-9-8-10-13-21/h8-10,12-17H,3-7,11,18H2,1-2H3. The summed E-state index contributed by atoms with van der Waals surface area (Å²) < 4.78 is 13.5. The number of hydrogen-bond donors (Lipinski definition) is 0. The maximum absolute atomic E-state index is 13.5. The van der Waals surface area contributed by atoms with Crippen molar-refractivity contribution in [2.75, 3.05) is 18.5 Å². The number of para-hydroxylation sites is 1. The minimum Gasteiger partial charge on any atom is -0.339 e. The molecule has 0 saturated carbocycles. The van der Waals surface area contributed by atoms with Gasteiger partial charge < -0.3 is 4.90 Å². The SMILES string of the molecule is CCCCCCCCN1C(=O)C(c2ccc(F)cc2)=C(N(C)c2ccccc2)C1=O. The molecule has 0 saturated heterocycles. The highest BCUT2D eigenvalue weighted by atomic mass is 19.1. The molecule has 0 fully saturated rings. The van der Waals surface area contributed by atoms with Crippen LogP contribution in [0.25, 0.3) is 5.57 Å². The Hall–Kier alpha value is -2.95. The lowest BCUT2D eigenvalue weighted by atomic mass is 10.0. The summed E-state index contributed by atoms with van der Waals surface area (Å²) in [6.07, 6.45) is 6.47. The van der Waals surface area contributed by atoms with Crippen molar-refractivity contribution in [1.29, 1.82) is 0 Å². The van der Waals surface area contributed by atoms with E-state index in [1.54, 1.807) is 24.1 Å². The van der Waals surface area contributed by atoms with Crippen molar-refractivity contribution in [2.24, 2.45) is 0 Å². The van der Waals surface area contributed by atoms with Crippen LogP contribution in [-0.4, -0.2) is 30.3 Å². The van der Waals surface area contributed by atoms with Gasteiger partial charge >= 0.3 is 0 Å². The van der Waals surface area contributed by atoms with Crippen LogP contribution in [0.1, 0.15) is 51.0 Å². The topological polar surface area (TPSA) is 40.6 Å².